The monoisotopic (exact) mass is 299 g/mol. The van der Waals surface area contributed by atoms with Crippen LogP contribution in [0.1, 0.15) is 23.7 Å². The van der Waals surface area contributed by atoms with Gasteiger partial charge in [-0.15, -0.1) is 0 Å². The van der Waals surface area contributed by atoms with Gasteiger partial charge in [-0.05, 0) is 46.3 Å². The van der Waals surface area contributed by atoms with Crippen LogP contribution < -0.4 is 0 Å². The fourth-order valence-corrected chi connectivity index (χ4v) is 2.49. The van der Waals surface area contributed by atoms with Crippen molar-refractivity contribution < 1.29 is 9.18 Å². The Morgan fingerprint density at radius 3 is 2.76 bits per heavy atom. The van der Waals surface area contributed by atoms with E-state index in [-0.39, 0.29) is 11.5 Å². The second-order valence-electron chi connectivity index (χ2n) is 4.76. The standard InChI is InChI=1S/C13H15BrFNO/c1-8-6-9(8)7-16(2)13(17)12-10(14)4-3-5-11(12)15/h3-5,8-9H,6-7H2,1-2H3. The van der Waals surface area contributed by atoms with Crippen LogP contribution in [0.25, 0.3) is 0 Å². The van der Waals surface area contributed by atoms with Crippen molar-refractivity contribution in [3.63, 3.8) is 0 Å². The molecule has 92 valence electrons. The van der Waals surface area contributed by atoms with Gasteiger partial charge in [0.2, 0.25) is 0 Å². The Morgan fingerprint density at radius 2 is 2.24 bits per heavy atom. The third-order valence-electron chi connectivity index (χ3n) is 3.31. The van der Waals surface area contributed by atoms with Crippen molar-refractivity contribution in [1.29, 1.82) is 0 Å². The lowest BCUT2D eigenvalue weighted by Gasteiger charge is -2.18. The fraction of sp³-hybridized carbons (Fsp3) is 0.462. The summed E-state index contributed by atoms with van der Waals surface area (Å²) in [5, 5.41) is 0. The molecule has 0 aromatic heterocycles. The molecule has 1 aliphatic carbocycles. The van der Waals surface area contributed by atoms with Gasteiger partial charge < -0.3 is 4.90 Å². The zero-order chi connectivity index (χ0) is 12.6. The molecule has 0 N–H and O–H groups in total. The number of rotatable bonds is 3. The minimum absolute atomic E-state index is 0.128. The van der Waals surface area contributed by atoms with Gasteiger partial charge in [0.05, 0.1) is 5.56 Å². The molecule has 1 saturated carbocycles. The molecule has 1 amide bonds. The first-order valence-corrected chi connectivity index (χ1v) is 6.49. The largest absolute Gasteiger partial charge is 0.341 e. The van der Waals surface area contributed by atoms with Crippen LogP contribution >= 0.6 is 15.9 Å². The molecule has 2 rings (SSSR count). The number of halogens is 2. The van der Waals surface area contributed by atoms with Crippen LogP contribution in [0.15, 0.2) is 22.7 Å². The van der Waals surface area contributed by atoms with Crippen LogP contribution in [-0.4, -0.2) is 24.4 Å². The molecule has 0 spiro atoms. The maximum absolute atomic E-state index is 13.6. The quantitative estimate of drug-likeness (QED) is 0.838. The van der Waals surface area contributed by atoms with Crippen molar-refractivity contribution in [3.8, 4) is 0 Å². The van der Waals surface area contributed by atoms with Crippen molar-refractivity contribution in [2.45, 2.75) is 13.3 Å². The van der Waals surface area contributed by atoms with E-state index >= 15 is 0 Å². The highest BCUT2D eigenvalue weighted by molar-refractivity contribution is 9.10. The number of amides is 1. The van der Waals surface area contributed by atoms with Crippen molar-refractivity contribution >= 4 is 21.8 Å². The molecule has 2 atom stereocenters. The van der Waals surface area contributed by atoms with E-state index in [1.165, 1.54) is 6.07 Å². The Balaban J connectivity index is 2.13. The zero-order valence-corrected chi connectivity index (χ0v) is 11.5. The van der Waals surface area contributed by atoms with Crippen molar-refractivity contribution in [3.05, 3.63) is 34.1 Å². The number of carbonyl (C=O) groups excluding carboxylic acids is 1. The lowest BCUT2D eigenvalue weighted by atomic mass is 10.2. The summed E-state index contributed by atoms with van der Waals surface area (Å²) in [6, 6.07) is 4.58. The molecule has 4 heteroatoms. The molecule has 2 unspecified atom stereocenters. The topological polar surface area (TPSA) is 20.3 Å². The normalized spacial score (nSPS) is 22.4. The van der Waals surface area contributed by atoms with Gasteiger partial charge in [-0.1, -0.05) is 13.0 Å². The van der Waals surface area contributed by atoms with E-state index in [0.717, 1.165) is 6.42 Å². The van der Waals surface area contributed by atoms with Crippen LogP contribution in [-0.2, 0) is 0 Å². The maximum Gasteiger partial charge on any atom is 0.257 e. The minimum atomic E-state index is -0.472. The maximum atomic E-state index is 13.6. The molecule has 17 heavy (non-hydrogen) atoms. The fourth-order valence-electron chi connectivity index (χ4n) is 1.98. The molecule has 1 aromatic rings. The van der Waals surface area contributed by atoms with Gasteiger partial charge in [-0.3, -0.25) is 4.79 Å². The molecule has 0 radical (unpaired) electrons. The molecule has 0 saturated heterocycles. The highest BCUT2D eigenvalue weighted by Gasteiger charge is 2.34. The highest BCUT2D eigenvalue weighted by atomic mass is 79.9. The van der Waals surface area contributed by atoms with Gasteiger partial charge in [0, 0.05) is 18.1 Å². The number of hydrogen-bond acceptors (Lipinski definition) is 1. The summed E-state index contributed by atoms with van der Waals surface area (Å²) in [4.78, 5) is 13.7. The summed E-state index contributed by atoms with van der Waals surface area (Å²) < 4.78 is 14.1. The van der Waals surface area contributed by atoms with Crippen molar-refractivity contribution in [2.75, 3.05) is 13.6 Å². The highest BCUT2D eigenvalue weighted by Crippen LogP contribution is 2.38. The average Bonchev–Trinajstić information content (AvgIpc) is 2.93. The van der Waals surface area contributed by atoms with Gasteiger partial charge in [-0.25, -0.2) is 4.39 Å². The molecule has 0 bridgehead atoms. The van der Waals surface area contributed by atoms with Gasteiger partial charge in [0.15, 0.2) is 0 Å². The summed E-state index contributed by atoms with van der Waals surface area (Å²) in [5.41, 5.74) is 0.128. The van der Waals surface area contributed by atoms with Gasteiger partial charge in [-0.2, -0.15) is 0 Å². The van der Waals surface area contributed by atoms with Crippen LogP contribution in [0.3, 0.4) is 0 Å². The Labute approximate surface area is 109 Å². The first kappa shape index (κ1) is 12.6. The molecule has 2 nitrogen and oxygen atoms in total. The predicted molar refractivity (Wildman–Crippen MR) is 68.3 cm³/mol. The summed E-state index contributed by atoms with van der Waals surface area (Å²) in [6.45, 7) is 2.88. The number of benzene rings is 1. The Kier molecular flexibility index (Phi) is 3.52. The van der Waals surface area contributed by atoms with E-state index in [9.17, 15) is 9.18 Å². The second kappa shape index (κ2) is 4.77. The zero-order valence-electron chi connectivity index (χ0n) is 9.91. The number of hydrogen-bond donors (Lipinski definition) is 0. The third kappa shape index (κ3) is 2.68. The van der Waals surface area contributed by atoms with Crippen LogP contribution in [0, 0.1) is 17.7 Å². The SMILES string of the molecule is CC1CC1CN(C)C(=O)c1c(F)cccc1Br. The van der Waals surface area contributed by atoms with E-state index < -0.39 is 5.82 Å². The average molecular weight is 300 g/mol. The summed E-state index contributed by atoms with van der Waals surface area (Å²) >= 11 is 3.22. The van der Waals surface area contributed by atoms with Gasteiger partial charge in [0.25, 0.3) is 5.91 Å². The first-order chi connectivity index (χ1) is 8.00. The van der Waals surface area contributed by atoms with E-state index in [4.69, 9.17) is 0 Å². The number of carbonyl (C=O) groups is 1. The van der Waals surface area contributed by atoms with Crippen LogP contribution in [0.5, 0.6) is 0 Å². The molecule has 0 aliphatic heterocycles. The Morgan fingerprint density at radius 1 is 1.59 bits per heavy atom. The summed E-state index contributed by atoms with van der Waals surface area (Å²) in [7, 11) is 1.73. The Bertz CT molecular complexity index is 429. The molecular formula is C13H15BrFNO. The van der Waals surface area contributed by atoms with E-state index in [1.807, 2.05) is 0 Å². The van der Waals surface area contributed by atoms with E-state index in [0.29, 0.717) is 22.9 Å². The van der Waals surface area contributed by atoms with Gasteiger partial charge >= 0.3 is 0 Å². The summed E-state index contributed by atoms with van der Waals surface area (Å²) in [5.74, 6) is 0.540. The smallest absolute Gasteiger partial charge is 0.257 e. The van der Waals surface area contributed by atoms with E-state index in [1.54, 1.807) is 24.1 Å². The second-order valence-corrected chi connectivity index (χ2v) is 5.61. The Hall–Kier alpha value is -0.900. The molecule has 1 fully saturated rings. The van der Waals surface area contributed by atoms with Crippen LogP contribution in [0.2, 0.25) is 0 Å². The number of nitrogens with zero attached hydrogens (tertiary/aromatic N) is 1. The summed E-state index contributed by atoms with van der Waals surface area (Å²) in [6.07, 6.45) is 1.16. The first-order valence-electron chi connectivity index (χ1n) is 5.70. The molecule has 1 aromatic carbocycles. The van der Waals surface area contributed by atoms with Crippen LogP contribution in [0.4, 0.5) is 4.39 Å². The predicted octanol–water partition coefficient (Wildman–Crippen LogP) is 3.32. The minimum Gasteiger partial charge on any atom is -0.341 e. The molecule has 1 aliphatic rings. The molecule has 0 heterocycles. The third-order valence-corrected chi connectivity index (χ3v) is 3.97. The lowest BCUT2D eigenvalue weighted by molar-refractivity contribution is 0.0781. The lowest BCUT2D eigenvalue weighted by Crippen LogP contribution is -2.30. The molecular weight excluding hydrogens is 285 g/mol. The van der Waals surface area contributed by atoms with Gasteiger partial charge in [0.1, 0.15) is 5.82 Å². The van der Waals surface area contributed by atoms with Crippen molar-refractivity contribution in [2.24, 2.45) is 11.8 Å². The van der Waals surface area contributed by atoms with E-state index in [2.05, 4.69) is 22.9 Å². The van der Waals surface area contributed by atoms with Crippen molar-refractivity contribution in [1.82, 2.24) is 4.90 Å².